The summed E-state index contributed by atoms with van der Waals surface area (Å²) in [5.41, 5.74) is 4.05. The second kappa shape index (κ2) is 11.6. The van der Waals surface area contributed by atoms with Crippen LogP contribution in [0.2, 0.25) is 0 Å². The van der Waals surface area contributed by atoms with Gasteiger partial charge in [0.15, 0.2) is 5.65 Å². The Morgan fingerprint density at radius 3 is 2.51 bits per heavy atom. The number of aryl methyl sites for hydroxylation is 1. The third kappa shape index (κ3) is 7.19. The van der Waals surface area contributed by atoms with Crippen molar-refractivity contribution in [1.29, 1.82) is 0 Å². The van der Waals surface area contributed by atoms with Gasteiger partial charge in [0, 0.05) is 29.9 Å². The number of aromatic nitrogens is 3. The molecule has 1 atom stereocenters. The average Bonchev–Trinajstić information content (AvgIpc) is 2.89. The molecule has 2 amide bonds. The summed E-state index contributed by atoms with van der Waals surface area (Å²) in [5, 5.41) is 9.47. The van der Waals surface area contributed by atoms with E-state index in [1.165, 1.54) is 6.07 Å². The van der Waals surface area contributed by atoms with E-state index < -0.39 is 11.8 Å². The van der Waals surface area contributed by atoms with Crippen LogP contribution in [0.5, 0.6) is 5.75 Å². The highest BCUT2D eigenvalue weighted by molar-refractivity contribution is 5.91. The lowest BCUT2D eigenvalue weighted by molar-refractivity contribution is 0.250. The minimum absolute atomic E-state index is 0.0222. The second-order valence-corrected chi connectivity index (χ2v) is 10.8. The Morgan fingerprint density at radius 1 is 1.08 bits per heavy atom. The van der Waals surface area contributed by atoms with E-state index in [1.54, 1.807) is 25.6 Å². The van der Waals surface area contributed by atoms with Gasteiger partial charge in [-0.05, 0) is 72.7 Å². The molecule has 0 spiro atoms. The fourth-order valence-corrected chi connectivity index (χ4v) is 4.11. The first kappa shape index (κ1) is 27.8. The van der Waals surface area contributed by atoms with Gasteiger partial charge in [-0.15, -0.1) is 0 Å². The summed E-state index contributed by atoms with van der Waals surface area (Å²) in [7, 11) is 1.64. The molecule has 0 aliphatic rings. The molecule has 0 radical (unpaired) electrons. The first-order valence-electron chi connectivity index (χ1n) is 12.9. The molecule has 2 heterocycles. The van der Waals surface area contributed by atoms with Gasteiger partial charge in [0.1, 0.15) is 11.6 Å². The van der Waals surface area contributed by atoms with Crippen LogP contribution in [-0.4, -0.2) is 34.6 Å². The first-order chi connectivity index (χ1) is 18.5. The van der Waals surface area contributed by atoms with Crippen LogP contribution >= 0.6 is 0 Å². The summed E-state index contributed by atoms with van der Waals surface area (Å²) in [6, 6.07) is 12.3. The van der Waals surface area contributed by atoms with Crippen LogP contribution < -0.4 is 20.7 Å². The molecule has 4 aromatic rings. The monoisotopic (exact) mass is 530 g/mol. The van der Waals surface area contributed by atoms with Crippen molar-refractivity contribution in [3.05, 3.63) is 71.8 Å². The quantitative estimate of drug-likeness (QED) is 0.230. The van der Waals surface area contributed by atoms with Crippen molar-refractivity contribution < 1.29 is 13.9 Å². The van der Waals surface area contributed by atoms with Crippen LogP contribution in [0.15, 0.2) is 54.9 Å². The SMILES string of the molecule is COc1ccc(C(C)Nc2ncc3cc(-c4cc(NC(=O)NCCC(C)(C)C)c(F)cc4C)cnc3n2)cc1. The number of pyridine rings is 1. The number of nitrogens with one attached hydrogen (secondary N) is 3. The van der Waals surface area contributed by atoms with Gasteiger partial charge in [-0.25, -0.2) is 19.2 Å². The summed E-state index contributed by atoms with van der Waals surface area (Å²) in [4.78, 5) is 25.9. The summed E-state index contributed by atoms with van der Waals surface area (Å²) < 4.78 is 19.9. The molecule has 2 aromatic heterocycles. The van der Waals surface area contributed by atoms with Gasteiger partial charge in [-0.3, -0.25) is 0 Å². The van der Waals surface area contributed by atoms with Crippen molar-refractivity contribution in [1.82, 2.24) is 20.3 Å². The Hall–Kier alpha value is -4.27. The number of amides is 2. The molecule has 0 aliphatic heterocycles. The van der Waals surface area contributed by atoms with Crippen LogP contribution in [0.1, 0.15) is 51.3 Å². The number of urea groups is 1. The number of halogens is 1. The predicted octanol–water partition coefficient (Wildman–Crippen LogP) is 6.88. The number of hydrogen-bond donors (Lipinski definition) is 3. The van der Waals surface area contributed by atoms with Gasteiger partial charge in [0.05, 0.1) is 18.8 Å². The normalized spacial score (nSPS) is 12.2. The topological polar surface area (TPSA) is 101 Å². The van der Waals surface area contributed by atoms with E-state index in [2.05, 4.69) is 51.7 Å². The van der Waals surface area contributed by atoms with Crippen molar-refractivity contribution in [2.75, 3.05) is 24.3 Å². The highest BCUT2D eigenvalue weighted by Crippen LogP contribution is 2.30. The van der Waals surface area contributed by atoms with Gasteiger partial charge in [0.25, 0.3) is 0 Å². The van der Waals surface area contributed by atoms with E-state index in [1.807, 2.05) is 44.2 Å². The van der Waals surface area contributed by atoms with Crippen LogP contribution in [0.4, 0.5) is 20.8 Å². The average molecular weight is 531 g/mol. The summed E-state index contributed by atoms with van der Waals surface area (Å²) >= 11 is 0. The largest absolute Gasteiger partial charge is 0.497 e. The van der Waals surface area contributed by atoms with Crippen LogP contribution in [-0.2, 0) is 0 Å². The molecule has 0 saturated carbocycles. The minimum atomic E-state index is -0.499. The molecule has 39 heavy (non-hydrogen) atoms. The molecule has 8 nitrogen and oxygen atoms in total. The van der Waals surface area contributed by atoms with Crippen LogP contribution in [0.3, 0.4) is 0 Å². The fourth-order valence-electron chi connectivity index (χ4n) is 4.11. The molecule has 204 valence electrons. The highest BCUT2D eigenvalue weighted by Gasteiger charge is 2.15. The van der Waals surface area contributed by atoms with Crippen molar-refractivity contribution in [2.45, 2.75) is 47.1 Å². The number of carbonyl (C=O) groups is 1. The van der Waals surface area contributed by atoms with Gasteiger partial charge < -0.3 is 20.7 Å². The molecule has 0 saturated heterocycles. The Labute approximate surface area is 228 Å². The Bertz CT molecular complexity index is 1470. The number of ether oxygens (including phenoxy) is 1. The van der Waals surface area contributed by atoms with Crippen molar-refractivity contribution in [2.24, 2.45) is 5.41 Å². The van der Waals surface area contributed by atoms with E-state index in [0.717, 1.165) is 39.8 Å². The number of rotatable bonds is 8. The summed E-state index contributed by atoms with van der Waals surface area (Å²) in [6.07, 6.45) is 4.21. The molecule has 1 unspecified atom stereocenters. The number of nitrogens with zero attached hydrogens (tertiary/aromatic N) is 3. The Balaban J connectivity index is 1.50. The van der Waals surface area contributed by atoms with Gasteiger partial charge >= 0.3 is 6.03 Å². The molecule has 4 rings (SSSR count). The van der Waals surface area contributed by atoms with E-state index in [0.29, 0.717) is 18.1 Å². The number of anilines is 2. The van der Waals surface area contributed by atoms with Crippen molar-refractivity contribution in [3.8, 4) is 16.9 Å². The zero-order chi connectivity index (χ0) is 28.2. The van der Waals surface area contributed by atoms with Crippen molar-refractivity contribution in [3.63, 3.8) is 0 Å². The van der Waals surface area contributed by atoms with E-state index in [4.69, 9.17) is 4.74 Å². The highest BCUT2D eigenvalue weighted by atomic mass is 19.1. The molecule has 0 bridgehead atoms. The molecular formula is C30H35FN6O2. The molecular weight excluding hydrogens is 495 g/mol. The van der Waals surface area contributed by atoms with E-state index in [9.17, 15) is 9.18 Å². The molecule has 0 fully saturated rings. The van der Waals surface area contributed by atoms with E-state index >= 15 is 0 Å². The Kier molecular flexibility index (Phi) is 8.28. The smallest absolute Gasteiger partial charge is 0.319 e. The van der Waals surface area contributed by atoms with E-state index in [-0.39, 0.29) is 17.1 Å². The number of fused-ring (bicyclic) bond motifs is 1. The lowest BCUT2D eigenvalue weighted by atomic mass is 9.92. The number of hydrogen-bond acceptors (Lipinski definition) is 6. The fraction of sp³-hybridized carbons (Fsp3) is 0.333. The Morgan fingerprint density at radius 2 is 1.82 bits per heavy atom. The molecule has 9 heteroatoms. The van der Waals surface area contributed by atoms with Gasteiger partial charge in [-0.2, -0.15) is 4.98 Å². The third-order valence-corrected chi connectivity index (χ3v) is 6.43. The first-order valence-corrected chi connectivity index (χ1v) is 12.9. The molecule has 3 N–H and O–H groups in total. The van der Waals surface area contributed by atoms with Crippen LogP contribution in [0, 0.1) is 18.2 Å². The maximum atomic E-state index is 14.7. The minimum Gasteiger partial charge on any atom is -0.497 e. The standard InChI is InChI=1S/C30H35FN6O2/c1-18-13-25(31)26(36-29(38)32-12-11-30(3,4)5)15-24(18)21-14-22-17-34-28(37-27(22)33-16-21)35-19(2)20-7-9-23(39-6)10-8-20/h7-10,13-17,19H,11-12H2,1-6H3,(H2,32,36,38)(H,33,34,35,37). The zero-order valence-corrected chi connectivity index (χ0v) is 23.2. The lowest BCUT2D eigenvalue weighted by Gasteiger charge is -2.18. The number of carbonyl (C=O) groups excluding carboxylic acids is 1. The molecule has 2 aromatic carbocycles. The predicted molar refractivity (Wildman–Crippen MR) is 154 cm³/mol. The summed E-state index contributed by atoms with van der Waals surface area (Å²) in [6.45, 7) is 10.6. The maximum Gasteiger partial charge on any atom is 0.319 e. The second-order valence-electron chi connectivity index (χ2n) is 10.8. The van der Waals surface area contributed by atoms with Gasteiger partial charge in [-0.1, -0.05) is 32.9 Å². The van der Waals surface area contributed by atoms with Crippen LogP contribution in [0.25, 0.3) is 22.2 Å². The molecule has 0 aliphatic carbocycles. The van der Waals surface area contributed by atoms with Crippen molar-refractivity contribution >= 4 is 28.7 Å². The lowest BCUT2D eigenvalue weighted by Crippen LogP contribution is -2.31. The zero-order valence-electron chi connectivity index (χ0n) is 23.2. The summed E-state index contributed by atoms with van der Waals surface area (Å²) in [5.74, 6) is 0.764. The number of methoxy groups -OCH3 is 1. The number of benzene rings is 2. The third-order valence-electron chi connectivity index (χ3n) is 6.43. The van der Waals surface area contributed by atoms with Gasteiger partial charge in [0.2, 0.25) is 5.95 Å². The maximum absolute atomic E-state index is 14.7.